The van der Waals surface area contributed by atoms with Gasteiger partial charge >= 0.3 is 6.36 Å². The minimum Gasteiger partial charge on any atom is -0.406 e. The molecule has 22 heavy (non-hydrogen) atoms. The second kappa shape index (κ2) is 5.34. The molecule has 0 atom stereocenters. The zero-order valence-corrected chi connectivity index (χ0v) is 11.2. The van der Waals surface area contributed by atoms with E-state index in [4.69, 9.17) is 0 Å². The van der Waals surface area contributed by atoms with Crippen molar-refractivity contribution in [1.82, 2.24) is 9.78 Å². The normalized spacial score (nSPS) is 11.8. The van der Waals surface area contributed by atoms with Crippen molar-refractivity contribution in [1.29, 1.82) is 0 Å². The molecular weight excluding hydrogens is 297 g/mol. The third-order valence-electron chi connectivity index (χ3n) is 3.13. The number of rotatable bonds is 3. The average Bonchev–Trinajstić information content (AvgIpc) is 2.85. The van der Waals surface area contributed by atoms with Gasteiger partial charge in [0.2, 0.25) is 0 Å². The minimum atomic E-state index is -4.72. The summed E-state index contributed by atoms with van der Waals surface area (Å²) < 4.78 is 41.9. The molecule has 3 aromatic rings. The van der Waals surface area contributed by atoms with Gasteiger partial charge in [0.05, 0.1) is 23.5 Å². The number of fused-ring (bicyclic) bond motifs is 1. The fraction of sp³-hybridized carbons (Fsp3) is 0.133. The molecule has 114 valence electrons. The van der Waals surface area contributed by atoms with Crippen molar-refractivity contribution in [3.8, 4) is 11.4 Å². The van der Waals surface area contributed by atoms with E-state index in [-0.39, 0.29) is 12.4 Å². The van der Waals surface area contributed by atoms with Crippen LogP contribution in [-0.4, -0.2) is 21.2 Å². The third kappa shape index (κ3) is 2.75. The van der Waals surface area contributed by atoms with Crippen LogP contribution in [0.25, 0.3) is 16.6 Å². The monoisotopic (exact) mass is 308 g/mol. The average molecular weight is 308 g/mol. The zero-order valence-electron chi connectivity index (χ0n) is 11.2. The molecule has 0 bridgehead atoms. The van der Waals surface area contributed by atoms with Gasteiger partial charge < -0.3 is 9.84 Å². The summed E-state index contributed by atoms with van der Waals surface area (Å²) in [6.07, 6.45) is -4.72. The van der Waals surface area contributed by atoms with Crippen LogP contribution in [-0.2, 0) is 6.61 Å². The lowest BCUT2D eigenvalue weighted by Crippen LogP contribution is -2.17. The maximum absolute atomic E-state index is 12.2. The topological polar surface area (TPSA) is 47.3 Å². The molecule has 1 N–H and O–H groups in total. The first-order valence-corrected chi connectivity index (χ1v) is 6.41. The van der Waals surface area contributed by atoms with Crippen LogP contribution in [0, 0.1) is 0 Å². The highest BCUT2D eigenvalue weighted by Gasteiger charge is 2.31. The van der Waals surface area contributed by atoms with E-state index in [2.05, 4.69) is 9.84 Å². The summed E-state index contributed by atoms with van der Waals surface area (Å²) in [5, 5.41) is 14.4. The van der Waals surface area contributed by atoms with Gasteiger partial charge in [-0.1, -0.05) is 18.2 Å². The highest BCUT2D eigenvalue weighted by Crippen LogP contribution is 2.26. The molecule has 7 heteroatoms. The van der Waals surface area contributed by atoms with Crippen molar-refractivity contribution in [2.75, 3.05) is 0 Å². The Morgan fingerprint density at radius 2 is 1.73 bits per heavy atom. The lowest BCUT2D eigenvalue weighted by atomic mass is 10.2. The second-order valence-corrected chi connectivity index (χ2v) is 4.58. The van der Waals surface area contributed by atoms with E-state index in [0.29, 0.717) is 11.4 Å². The number of ether oxygens (including phenoxy) is 1. The molecule has 0 saturated carbocycles. The fourth-order valence-electron chi connectivity index (χ4n) is 2.23. The van der Waals surface area contributed by atoms with Crippen molar-refractivity contribution in [2.45, 2.75) is 13.0 Å². The molecule has 0 unspecified atom stereocenters. The van der Waals surface area contributed by atoms with Crippen LogP contribution in [0.2, 0.25) is 0 Å². The molecule has 0 aliphatic rings. The maximum atomic E-state index is 12.2. The van der Waals surface area contributed by atoms with Gasteiger partial charge in [0.25, 0.3) is 0 Å². The Kier molecular flexibility index (Phi) is 3.50. The molecule has 4 nitrogen and oxygen atoms in total. The predicted molar refractivity (Wildman–Crippen MR) is 73.7 cm³/mol. The van der Waals surface area contributed by atoms with Gasteiger partial charge in [0, 0.05) is 5.39 Å². The molecule has 0 fully saturated rings. The minimum absolute atomic E-state index is 0.219. The largest absolute Gasteiger partial charge is 0.573 e. The smallest absolute Gasteiger partial charge is 0.406 e. The van der Waals surface area contributed by atoms with Gasteiger partial charge in [0.15, 0.2) is 0 Å². The standard InChI is InChI=1S/C15H11F3N2O2/c16-15(17,18)22-11-7-5-10(6-8-11)20-14-4-2-1-3-12(14)13(9-21)19-20/h1-8,21H,9H2. The van der Waals surface area contributed by atoms with E-state index in [1.807, 2.05) is 24.3 Å². The number of aliphatic hydroxyl groups is 1. The third-order valence-corrected chi connectivity index (χ3v) is 3.13. The number of alkyl halides is 3. The van der Waals surface area contributed by atoms with E-state index in [1.165, 1.54) is 24.3 Å². The quantitative estimate of drug-likeness (QED) is 0.806. The van der Waals surface area contributed by atoms with Crippen LogP contribution >= 0.6 is 0 Å². The lowest BCUT2D eigenvalue weighted by molar-refractivity contribution is -0.274. The number of aliphatic hydroxyl groups excluding tert-OH is 1. The van der Waals surface area contributed by atoms with Crippen molar-refractivity contribution in [3.63, 3.8) is 0 Å². The SMILES string of the molecule is OCc1nn(-c2ccc(OC(F)(F)F)cc2)c2ccccc12. The maximum Gasteiger partial charge on any atom is 0.573 e. The lowest BCUT2D eigenvalue weighted by Gasteiger charge is -2.09. The number of hydrogen-bond acceptors (Lipinski definition) is 3. The molecule has 0 amide bonds. The molecule has 1 heterocycles. The van der Waals surface area contributed by atoms with Crippen molar-refractivity contribution in [2.24, 2.45) is 0 Å². The van der Waals surface area contributed by atoms with Crippen molar-refractivity contribution in [3.05, 3.63) is 54.2 Å². The first-order chi connectivity index (χ1) is 10.5. The van der Waals surface area contributed by atoms with Crippen molar-refractivity contribution < 1.29 is 23.0 Å². The van der Waals surface area contributed by atoms with Crippen molar-refractivity contribution >= 4 is 10.9 Å². The van der Waals surface area contributed by atoms with Gasteiger partial charge in [-0.3, -0.25) is 0 Å². The van der Waals surface area contributed by atoms with Crippen LogP contribution in [0.5, 0.6) is 5.75 Å². The van der Waals surface area contributed by atoms with Gasteiger partial charge in [0.1, 0.15) is 5.75 Å². The summed E-state index contributed by atoms with van der Waals surface area (Å²) in [5.41, 5.74) is 1.84. The van der Waals surface area contributed by atoms with E-state index >= 15 is 0 Å². The summed E-state index contributed by atoms with van der Waals surface area (Å²) in [4.78, 5) is 0. The Morgan fingerprint density at radius 3 is 2.36 bits per heavy atom. The second-order valence-electron chi connectivity index (χ2n) is 4.58. The van der Waals surface area contributed by atoms with Crippen LogP contribution < -0.4 is 4.74 Å². The van der Waals surface area contributed by atoms with Crippen LogP contribution in [0.3, 0.4) is 0 Å². The highest BCUT2D eigenvalue weighted by molar-refractivity contribution is 5.83. The van der Waals surface area contributed by atoms with Crippen LogP contribution in [0.15, 0.2) is 48.5 Å². The van der Waals surface area contributed by atoms with E-state index in [0.717, 1.165) is 10.9 Å². The predicted octanol–water partition coefficient (Wildman–Crippen LogP) is 3.42. The molecule has 0 aliphatic heterocycles. The first kappa shape index (κ1) is 14.4. The Labute approximate surface area is 123 Å². The Balaban J connectivity index is 2.01. The van der Waals surface area contributed by atoms with E-state index < -0.39 is 6.36 Å². The van der Waals surface area contributed by atoms with Gasteiger partial charge in [-0.25, -0.2) is 4.68 Å². The van der Waals surface area contributed by atoms with E-state index in [9.17, 15) is 18.3 Å². The first-order valence-electron chi connectivity index (χ1n) is 6.41. The van der Waals surface area contributed by atoms with Gasteiger partial charge in [-0.15, -0.1) is 13.2 Å². The molecule has 0 saturated heterocycles. The number of hydrogen-bond donors (Lipinski definition) is 1. The molecule has 2 aromatic carbocycles. The summed E-state index contributed by atoms with van der Waals surface area (Å²) in [7, 11) is 0. The number of benzene rings is 2. The van der Waals surface area contributed by atoms with Gasteiger partial charge in [-0.2, -0.15) is 5.10 Å². The molecule has 0 spiro atoms. The number of halogens is 3. The number of nitrogens with zero attached hydrogens (tertiary/aromatic N) is 2. The van der Waals surface area contributed by atoms with Gasteiger partial charge in [-0.05, 0) is 30.3 Å². The molecule has 3 rings (SSSR count). The van der Waals surface area contributed by atoms with Crippen LogP contribution in [0.1, 0.15) is 5.69 Å². The molecule has 0 radical (unpaired) electrons. The summed E-state index contributed by atoms with van der Waals surface area (Å²) in [6, 6.07) is 12.7. The Morgan fingerprint density at radius 1 is 1.05 bits per heavy atom. The molecular formula is C15H11F3N2O2. The van der Waals surface area contributed by atoms with E-state index in [1.54, 1.807) is 4.68 Å². The molecule has 0 aliphatic carbocycles. The summed E-state index contributed by atoms with van der Waals surface area (Å²) in [6.45, 7) is -0.219. The van der Waals surface area contributed by atoms with Crippen LogP contribution in [0.4, 0.5) is 13.2 Å². The highest BCUT2D eigenvalue weighted by atomic mass is 19.4. The number of aromatic nitrogens is 2. The zero-order chi connectivity index (χ0) is 15.7. The molecule has 1 aromatic heterocycles. The summed E-state index contributed by atoms with van der Waals surface area (Å²) >= 11 is 0. The fourth-order valence-corrected chi connectivity index (χ4v) is 2.23. The number of para-hydroxylation sites is 1. The Bertz CT molecular complexity index is 795. The summed E-state index contributed by atoms with van der Waals surface area (Å²) in [5.74, 6) is -0.296. The Hall–Kier alpha value is -2.54.